The van der Waals surface area contributed by atoms with Crippen LogP contribution in [0.2, 0.25) is 0 Å². The predicted octanol–water partition coefficient (Wildman–Crippen LogP) is 2.38. The summed E-state index contributed by atoms with van der Waals surface area (Å²) in [6, 6.07) is 0. The van der Waals surface area contributed by atoms with Gasteiger partial charge >= 0.3 is 26.2 Å². The molecule has 0 nitrogen and oxygen atoms in total. The maximum absolute atomic E-state index is 2.44. The van der Waals surface area contributed by atoms with Crippen molar-refractivity contribution in [2.75, 3.05) is 0 Å². The van der Waals surface area contributed by atoms with Crippen LogP contribution in [0.1, 0.15) is 12.8 Å². The molecule has 0 spiro atoms. The normalized spacial score (nSPS) is 49.5. The molecule has 2 bridgehead atoms. The van der Waals surface area contributed by atoms with Gasteiger partial charge in [0.1, 0.15) is 0 Å². The van der Waals surface area contributed by atoms with Crippen LogP contribution in [0.4, 0.5) is 0 Å². The molecule has 0 aromatic rings. The number of hydrogen-bond acceptors (Lipinski definition) is 0. The van der Waals surface area contributed by atoms with Crippen LogP contribution in [0, 0.1) is 23.7 Å². The molecule has 3 rings (SSSR count). The van der Waals surface area contributed by atoms with Gasteiger partial charge in [0.05, 0.1) is 0 Å². The van der Waals surface area contributed by atoms with Gasteiger partial charge < -0.3 is 0 Å². The molecule has 1 fully saturated rings. The van der Waals surface area contributed by atoms with Gasteiger partial charge in [0.15, 0.2) is 0 Å². The van der Waals surface area contributed by atoms with Crippen LogP contribution in [-0.2, 0) is 26.2 Å². The molecular formula is C10H12Zr+2. The summed E-state index contributed by atoms with van der Waals surface area (Å²) in [5.41, 5.74) is 0. The third-order valence-electron chi connectivity index (χ3n) is 3.46. The van der Waals surface area contributed by atoms with Crippen LogP contribution in [0.3, 0.4) is 0 Å². The molecule has 0 radical (unpaired) electrons. The van der Waals surface area contributed by atoms with E-state index in [1.54, 1.807) is 0 Å². The van der Waals surface area contributed by atoms with E-state index in [1.807, 2.05) is 0 Å². The van der Waals surface area contributed by atoms with Crippen LogP contribution >= 0.6 is 0 Å². The van der Waals surface area contributed by atoms with Gasteiger partial charge in [0, 0.05) is 0 Å². The first-order valence-electron chi connectivity index (χ1n) is 4.30. The third kappa shape index (κ3) is 0.968. The van der Waals surface area contributed by atoms with Gasteiger partial charge in [-0.15, -0.1) is 0 Å². The van der Waals surface area contributed by atoms with Crippen molar-refractivity contribution in [3.8, 4) is 0 Å². The number of hydrogen-bond donors (Lipinski definition) is 0. The van der Waals surface area contributed by atoms with Crippen molar-refractivity contribution in [2.24, 2.45) is 23.7 Å². The monoisotopic (exact) mass is 222 g/mol. The Morgan fingerprint density at radius 2 is 1.82 bits per heavy atom. The summed E-state index contributed by atoms with van der Waals surface area (Å²) in [4.78, 5) is 0. The Bertz CT molecular complexity index is 217. The van der Waals surface area contributed by atoms with Crippen molar-refractivity contribution in [3.63, 3.8) is 0 Å². The quantitative estimate of drug-likeness (QED) is 0.553. The van der Waals surface area contributed by atoms with Crippen molar-refractivity contribution in [3.05, 3.63) is 24.3 Å². The van der Waals surface area contributed by atoms with Crippen molar-refractivity contribution in [1.29, 1.82) is 0 Å². The third-order valence-corrected chi connectivity index (χ3v) is 3.46. The molecule has 3 aliphatic rings. The second-order valence-corrected chi connectivity index (χ2v) is 3.85. The fraction of sp³-hybridized carbons (Fsp3) is 0.600. The fourth-order valence-electron chi connectivity index (χ4n) is 2.97. The number of rotatable bonds is 0. The van der Waals surface area contributed by atoms with Gasteiger partial charge in [-0.1, -0.05) is 24.3 Å². The second kappa shape index (κ2) is 2.69. The molecule has 0 saturated heterocycles. The van der Waals surface area contributed by atoms with Crippen molar-refractivity contribution >= 4 is 0 Å². The van der Waals surface area contributed by atoms with E-state index >= 15 is 0 Å². The summed E-state index contributed by atoms with van der Waals surface area (Å²) in [6.07, 6.45) is 12.5. The summed E-state index contributed by atoms with van der Waals surface area (Å²) in [5, 5.41) is 0. The van der Waals surface area contributed by atoms with Crippen LogP contribution in [0.5, 0.6) is 0 Å². The summed E-state index contributed by atoms with van der Waals surface area (Å²) in [7, 11) is 0. The van der Waals surface area contributed by atoms with Crippen LogP contribution < -0.4 is 0 Å². The first-order chi connectivity index (χ1) is 4.95. The van der Waals surface area contributed by atoms with Crippen LogP contribution in [0.25, 0.3) is 0 Å². The van der Waals surface area contributed by atoms with E-state index in [-0.39, 0.29) is 26.2 Å². The molecule has 54 valence electrons. The molecule has 0 N–H and O–H groups in total. The Morgan fingerprint density at radius 1 is 1.00 bits per heavy atom. The summed E-state index contributed by atoms with van der Waals surface area (Å²) in [6.45, 7) is 0. The first-order valence-corrected chi connectivity index (χ1v) is 4.30. The Morgan fingerprint density at radius 3 is 2.64 bits per heavy atom. The minimum Gasteiger partial charge on any atom is -0.0879 e. The van der Waals surface area contributed by atoms with E-state index in [1.165, 1.54) is 12.8 Å². The van der Waals surface area contributed by atoms with E-state index in [2.05, 4.69) is 24.3 Å². The zero-order valence-corrected chi connectivity index (χ0v) is 8.99. The Hall–Kier alpha value is 0.363. The van der Waals surface area contributed by atoms with E-state index in [9.17, 15) is 0 Å². The molecule has 11 heavy (non-hydrogen) atoms. The standard InChI is InChI=1S/C10H12.Zr/c1-2-9-7-4-5-8(6-7)10(9)3-1;/h1-2,4-5,7-10H,3,6H2;/q;+2. The molecular weight excluding hydrogens is 211 g/mol. The average Bonchev–Trinajstić information content (AvgIpc) is 2.60. The summed E-state index contributed by atoms with van der Waals surface area (Å²) < 4.78 is 0. The number of allylic oxidation sites excluding steroid dienone is 4. The first kappa shape index (κ1) is 7.98. The molecule has 0 aliphatic heterocycles. The average molecular weight is 223 g/mol. The molecule has 0 amide bonds. The van der Waals surface area contributed by atoms with Gasteiger partial charge in [-0.2, -0.15) is 0 Å². The molecule has 4 atom stereocenters. The maximum Gasteiger partial charge on any atom is 2.00 e. The topological polar surface area (TPSA) is 0 Å². The van der Waals surface area contributed by atoms with Gasteiger partial charge in [0.25, 0.3) is 0 Å². The summed E-state index contributed by atoms with van der Waals surface area (Å²) in [5.74, 6) is 3.82. The Balaban J connectivity index is 0.000000480. The summed E-state index contributed by atoms with van der Waals surface area (Å²) >= 11 is 0. The van der Waals surface area contributed by atoms with Gasteiger partial charge in [-0.3, -0.25) is 0 Å². The van der Waals surface area contributed by atoms with Crippen molar-refractivity contribution in [1.82, 2.24) is 0 Å². The molecule has 1 saturated carbocycles. The van der Waals surface area contributed by atoms with E-state index in [4.69, 9.17) is 0 Å². The van der Waals surface area contributed by atoms with Crippen molar-refractivity contribution in [2.45, 2.75) is 12.8 Å². The molecule has 1 heteroatoms. The Kier molecular flexibility index (Phi) is 1.96. The second-order valence-electron chi connectivity index (χ2n) is 3.85. The van der Waals surface area contributed by atoms with Crippen LogP contribution in [-0.4, -0.2) is 0 Å². The van der Waals surface area contributed by atoms with Crippen LogP contribution in [0.15, 0.2) is 24.3 Å². The zero-order valence-electron chi connectivity index (χ0n) is 6.53. The largest absolute Gasteiger partial charge is 2.00 e. The van der Waals surface area contributed by atoms with E-state index < -0.39 is 0 Å². The van der Waals surface area contributed by atoms with Gasteiger partial charge in [-0.25, -0.2) is 0 Å². The molecule has 0 aromatic carbocycles. The molecule has 3 aliphatic carbocycles. The SMILES string of the molecule is C1=CC2C3C=CC(C3)C2C1.[Zr+2]. The van der Waals surface area contributed by atoms with E-state index in [0.717, 1.165) is 23.7 Å². The molecule has 4 unspecified atom stereocenters. The fourth-order valence-corrected chi connectivity index (χ4v) is 2.97. The van der Waals surface area contributed by atoms with Crippen molar-refractivity contribution < 1.29 is 26.2 Å². The number of fused-ring (bicyclic) bond motifs is 5. The zero-order chi connectivity index (χ0) is 6.55. The van der Waals surface area contributed by atoms with E-state index in [0.29, 0.717) is 0 Å². The minimum absolute atomic E-state index is 0. The van der Waals surface area contributed by atoms with Gasteiger partial charge in [0.2, 0.25) is 0 Å². The van der Waals surface area contributed by atoms with Gasteiger partial charge in [-0.05, 0) is 36.5 Å². The molecule has 0 heterocycles. The smallest absolute Gasteiger partial charge is 0.0879 e. The Labute approximate surface area is 86.9 Å². The maximum atomic E-state index is 2.44. The minimum atomic E-state index is 0. The molecule has 0 aromatic heterocycles. The predicted molar refractivity (Wildman–Crippen MR) is 41.5 cm³/mol.